The number of hydrogen-bond donors (Lipinski definition) is 0. The minimum Gasteiger partial charge on any atom is -0.494 e. The van der Waals surface area contributed by atoms with Gasteiger partial charge < -0.3 is 9.47 Å². The van der Waals surface area contributed by atoms with Crippen molar-refractivity contribution in [1.29, 1.82) is 0 Å². The van der Waals surface area contributed by atoms with E-state index >= 15 is 0 Å². The number of hydrogen-bond acceptors (Lipinski definition) is 5. The average molecular weight is 265 g/mol. The minimum atomic E-state index is -0.586. The number of carbonyl (C=O) groups is 1. The second-order valence-corrected chi connectivity index (χ2v) is 3.73. The molecule has 1 heterocycles. The van der Waals surface area contributed by atoms with Crippen molar-refractivity contribution in [3.05, 3.63) is 41.5 Å². The molecule has 2 aromatic rings. The summed E-state index contributed by atoms with van der Waals surface area (Å²) >= 11 is 0. The summed E-state index contributed by atoms with van der Waals surface area (Å²) in [5.41, 5.74) is 0.464. The number of ether oxygens (including phenoxy) is 2. The predicted octanol–water partition coefficient (Wildman–Crippen LogP) is 1.26. The van der Waals surface area contributed by atoms with Gasteiger partial charge in [-0.3, -0.25) is 0 Å². The topological polar surface area (TPSA) is 66.2 Å². The van der Waals surface area contributed by atoms with E-state index in [-0.39, 0.29) is 18.0 Å². The number of esters is 1. The molecule has 1 aromatic heterocycles. The Kier molecular flexibility index (Phi) is 3.74. The maximum absolute atomic E-state index is 13.9. The Morgan fingerprint density at radius 1 is 1.42 bits per heavy atom. The summed E-state index contributed by atoms with van der Waals surface area (Å²) in [7, 11) is 2.65. The summed E-state index contributed by atoms with van der Waals surface area (Å²) in [5.74, 6) is -0.886. The van der Waals surface area contributed by atoms with Gasteiger partial charge in [0.25, 0.3) is 0 Å². The zero-order valence-electron chi connectivity index (χ0n) is 10.5. The van der Waals surface area contributed by atoms with E-state index in [0.29, 0.717) is 5.56 Å². The highest BCUT2D eigenvalue weighted by Gasteiger charge is 2.13. The van der Waals surface area contributed by atoms with Crippen LogP contribution in [0.3, 0.4) is 0 Å². The molecule has 0 spiro atoms. The van der Waals surface area contributed by atoms with Gasteiger partial charge in [-0.25, -0.2) is 13.9 Å². The van der Waals surface area contributed by atoms with Crippen LogP contribution < -0.4 is 4.74 Å². The Balaban J connectivity index is 2.22. The van der Waals surface area contributed by atoms with Gasteiger partial charge in [0.05, 0.1) is 27.0 Å². The van der Waals surface area contributed by atoms with Crippen molar-refractivity contribution < 1.29 is 18.7 Å². The van der Waals surface area contributed by atoms with Crippen LogP contribution in [0.1, 0.15) is 16.1 Å². The molecule has 7 heteroatoms. The third kappa shape index (κ3) is 2.70. The fourth-order valence-corrected chi connectivity index (χ4v) is 1.58. The van der Waals surface area contributed by atoms with Crippen LogP contribution in [-0.2, 0) is 11.3 Å². The van der Waals surface area contributed by atoms with Gasteiger partial charge in [-0.1, -0.05) is 17.3 Å². The molecule has 0 atom stereocenters. The molecule has 100 valence electrons. The lowest BCUT2D eigenvalue weighted by atomic mass is 10.2. The third-order valence-electron chi connectivity index (χ3n) is 2.53. The van der Waals surface area contributed by atoms with E-state index < -0.39 is 11.8 Å². The average Bonchev–Trinajstić information content (AvgIpc) is 2.89. The number of rotatable bonds is 4. The Morgan fingerprint density at radius 2 is 2.21 bits per heavy atom. The first kappa shape index (κ1) is 13.0. The van der Waals surface area contributed by atoms with Gasteiger partial charge in [0.2, 0.25) is 0 Å². The van der Waals surface area contributed by atoms with Crippen LogP contribution in [-0.4, -0.2) is 35.2 Å². The zero-order valence-corrected chi connectivity index (χ0v) is 10.5. The van der Waals surface area contributed by atoms with Crippen LogP contribution in [0.2, 0.25) is 0 Å². The summed E-state index contributed by atoms with van der Waals surface area (Å²) in [6.07, 6.45) is 1.39. The van der Waals surface area contributed by atoms with Gasteiger partial charge in [0.15, 0.2) is 17.3 Å². The number of carbonyl (C=O) groups excluding carboxylic acids is 1. The molecule has 0 unspecified atom stereocenters. The van der Waals surface area contributed by atoms with Crippen molar-refractivity contribution in [2.45, 2.75) is 6.54 Å². The molecule has 0 aliphatic rings. The van der Waals surface area contributed by atoms with Crippen LogP contribution in [0, 0.1) is 5.82 Å². The molecule has 0 radical (unpaired) electrons. The lowest BCUT2D eigenvalue weighted by Gasteiger charge is -2.06. The van der Waals surface area contributed by atoms with E-state index in [2.05, 4.69) is 15.0 Å². The molecule has 0 saturated heterocycles. The van der Waals surface area contributed by atoms with E-state index in [0.717, 1.165) is 0 Å². The van der Waals surface area contributed by atoms with Gasteiger partial charge in [-0.05, 0) is 6.07 Å². The smallest absolute Gasteiger partial charge is 0.360 e. The Bertz CT molecular complexity index is 598. The Hall–Kier alpha value is -2.44. The molecule has 0 N–H and O–H groups in total. The van der Waals surface area contributed by atoms with E-state index in [4.69, 9.17) is 4.74 Å². The third-order valence-corrected chi connectivity index (χ3v) is 2.53. The van der Waals surface area contributed by atoms with Crippen LogP contribution in [0.25, 0.3) is 0 Å². The predicted molar refractivity (Wildman–Crippen MR) is 63.4 cm³/mol. The highest BCUT2D eigenvalue weighted by atomic mass is 19.1. The van der Waals surface area contributed by atoms with Gasteiger partial charge in [-0.15, -0.1) is 5.10 Å². The van der Waals surface area contributed by atoms with Gasteiger partial charge >= 0.3 is 5.97 Å². The van der Waals surface area contributed by atoms with Crippen LogP contribution in [0.5, 0.6) is 5.75 Å². The highest BCUT2D eigenvalue weighted by molar-refractivity contribution is 5.86. The normalized spacial score (nSPS) is 10.3. The Labute approximate surface area is 108 Å². The van der Waals surface area contributed by atoms with Crippen molar-refractivity contribution in [3.8, 4) is 5.75 Å². The maximum Gasteiger partial charge on any atom is 0.360 e. The summed E-state index contributed by atoms with van der Waals surface area (Å²) in [6.45, 7) is 0.146. The monoisotopic (exact) mass is 265 g/mol. The van der Waals surface area contributed by atoms with Gasteiger partial charge in [-0.2, -0.15) is 0 Å². The summed E-state index contributed by atoms with van der Waals surface area (Å²) in [6, 6.07) is 4.81. The Morgan fingerprint density at radius 3 is 2.89 bits per heavy atom. The minimum absolute atomic E-state index is 0.0748. The van der Waals surface area contributed by atoms with Crippen molar-refractivity contribution >= 4 is 5.97 Å². The van der Waals surface area contributed by atoms with E-state index in [1.165, 1.54) is 31.2 Å². The molecule has 6 nitrogen and oxygen atoms in total. The molecular formula is C12H12FN3O3. The van der Waals surface area contributed by atoms with Crippen molar-refractivity contribution in [3.63, 3.8) is 0 Å². The number of aromatic nitrogens is 3. The van der Waals surface area contributed by atoms with E-state index in [9.17, 15) is 9.18 Å². The fraction of sp³-hybridized carbons (Fsp3) is 0.250. The van der Waals surface area contributed by atoms with Crippen molar-refractivity contribution in [2.24, 2.45) is 0 Å². The summed E-state index contributed by atoms with van der Waals surface area (Å²) < 4.78 is 24.7. The lowest BCUT2D eigenvalue weighted by Crippen LogP contribution is -2.04. The molecule has 0 fully saturated rings. The van der Waals surface area contributed by atoms with Crippen molar-refractivity contribution in [1.82, 2.24) is 15.0 Å². The second kappa shape index (κ2) is 5.47. The molecule has 0 amide bonds. The first-order valence-electron chi connectivity index (χ1n) is 5.45. The SMILES string of the molecule is COC(=O)c1cn(Cc2cccc(OC)c2F)nn1. The number of halogens is 1. The molecule has 2 rings (SSSR count). The molecule has 0 bridgehead atoms. The highest BCUT2D eigenvalue weighted by Crippen LogP contribution is 2.20. The molecule has 0 saturated carbocycles. The first-order chi connectivity index (χ1) is 9.15. The van der Waals surface area contributed by atoms with Crippen LogP contribution in [0.15, 0.2) is 24.4 Å². The largest absolute Gasteiger partial charge is 0.494 e. The summed E-state index contributed by atoms with van der Waals surface area (Å²) in [5, 5.41) is 7.38. The number of benzene rings is 1. The number of nitrogens with zero attached hydrogens (tertiary/aromatic N) is 3. The van der Waals surface area contributed by atoms with E-state index in [1.807, 2.05) is 0 Å². The van der Waals surface area contributed by atoms with Crippen LogP contribution in [0.4, 0.5) is 4.39 Å². The van der Waals surface area contributed by atoms with Crippen LogP contribution >= 0.6 is 0 Å². The molecule has 0 aliphatic carbocycles. The van der Waals surface area contributed by atoms with Crippen molar-refractivity contribution in [2.75, 3.05) is 14.2 Å². The first-order valence-corrected chi connectivity index (χ1v) is 5.45. The van der Waals surface area contributed by atoms with Gasteiger partial charge in [0, 0.05) is 5.56 Å². The zero-order chi connectivity index (χ0) is 13.8. The fourth-order valence-electron chi connectivity index (χ4n) is 1.58. The molecule has 19 heavy (non-hydrogen) atoms. The number of methoxy groups -OCH3 is 2. The second-order valence-electron chi connectivity index (χ2n) is 3.73. The lowest BCUT2D eigenvalue weighted by molar-refractivity contribution is 0.0594. The standard InChI is InChI=1S/C12H12FN3O3/c1-18-10-5-3-4-8(11(10)13)6-16-7-9(14-15-16)12(17)19-2/h3-5,7H,6H2,1-2H3. The van der Waals surface area contributed by atoms with Gasteiger partial charge in [0.1, 0.15) is 0 Å². The quantitative estimate of drug-likeness (QED) is 0.779. The molecular weight excluding hydrogens is 253 g/mol. The van der Waals surface area contributed by atoms with E-state index in [1.54, 1.807) is 12.1 Å². The summed E-state index contributed by atoms with van der Waals surface area (Å²) in [4.78, 5) is 11.2. The maximum atomic E-state index is 13.9. The molecule has 0 aliphatic heterocycles. The molecule has 1 aromatic carbocycles.